The summed E-state index contributed by atoms with van der Waals surface area (Å²) in [6, 6.07) is 9.09. The van der Waals surface area contributed by atoms with E-state index < -0.39 is 4.92 Å². The van der Waals surface area contributed by atoms with Gasteiger partial charge in [0.2, 0.25) is 5.82 Å². The monoisotopic (exact) mass is 379 g/mol. The maximum absolute atomic E-state index is 11.7. The first-order valence-corrected chi connectivity index (χ1v) is 8.70. The summed E-state index contributed by atoms with van der Waals surface area (Å²) in [7, 11) is 0. The third-order valence-electron chi connectivity index (χ3n) is 4.35. The summed E-state index contributed by atoms with van der Waals surface area (Å²) in [5, 5.41) is 11.7. The van der Waals surface area contributed by atoms with Gasteiger partial charge in [-0.05, 0) is 24.3 Å². The van der Waals surface area contributed by atoms with Crippen molar-refractivity contribution >= 4 is 17.3 Å². The summed E-state index contributed by atoms with van der Waals surface area (Å²) in [4.78, 5) is 31.7. The highest BCUT2D eigenvalue weighted by Crippen LogP contribution is 2.36. The second-order valence-corrected chi connectivity index (χ2v) is 6.06. The van der Waals surface area contributed by atoms with Gasteiger partial charge in [0.05, 0.1) is 11.1 Å². The Balaban J connectivity index is 1.56. The number of anilines is 2. The van der Waals surface area contributed by atoms with Crippen LogP contribution in [0, 0.1) is 10.1 Å². The number of ether oxygens (including phenoxy) is 1. The Morgan fingerprint density at radius 3 is 2.46 bits per heavy atom. The fraction of sp³-hybridized carbons (Fsp3) is 0.222. The normalized spacial score (nSPS) is 14.0. The molecule has 1 aliphatic heterocycles. The summed E-state index contributed by atoms with van der Waals surface area (Å²) in [6.45, 7) is 2.50. The molecule has 4 rings (SSSR count). The molecule has 0 aliphatic carbocycles. The Morgan fingerprint density at radius 2 is 1.79 bits per heavy atom. The molecule has 0 aromatic carbocycles. The van der Waals surface area contributed by atoms with Gasteiger partial charge in [-0.1, -0.05) is 6.07 Å². The highest BCUT2D eigenvalue weighted by atomic mass is 16.6. The molecule has 0 atom stereocenters. The minimum Gasteiger partial charge on any atom is -0.432 e. The SMILES string of the molecule is O=[N+]([O-])c1c(Oc2cccnc2)ncnc1N1CCN(c2ccccn2)CC1. The number of aromatic nitrogens is 4. The van der Waals surface area contributed by atoms with Gasteiger partial charge < -0.3 is 14.5 Å². The molecule has 142 valence electrons. The van der Waals surface area contributed by atoms with Crippen molar-refractivity contribution in [2.75, 3.05) is 36.0 Å². The van der Waals surface area contributed by atoms with Crippen LogP contribution in [-0.4, -0.2) is 51.0 Å². The minimum atomic E-state index is -0.508. The largest absolute Gasteiger partial charge is 0.432 e. The number of piperazine rings is 1. The number of hydrogen-bond donors (Lipinski definition) is 0. The van der Waals surface area contributed by atoms with Gasteiger partial charge in [-0.25, -0.2) is 9.97 Å². The van der Waals surface area contributed by atoms with Crippen molar-refractivity contribution in [3.63, 3.8) is 0 Å². The molecule has 0 amide bonds. The van der Waals surface area contributed by atoms with E-state index in [1.54, 1.807) is 24.5 Å². The van der Waals surface area contributed by atoms with Gasteiger partial charge in [-0.2, -0.15) is 4.98 Å². The summed E-state index contributed by atoms with van der Waals surface area (Å²) in [5.41, 5.74) is -0.252. The molecule has 0 unspecified atom stereocenters. The van der Waals surface area contributed by atoms with Crippen LogP contribution < -0.4 is 14.5 Å². The van der Waals surface area contributed by atoms with Gasteiger partial charge in [0, 0.05) is 38.6 Å². The van der Waals surface area contributed by atoms with E-state index in [-0.39, 0.29) is 17.4 Å². The predicted molar refractivity (Wildman–Crippen MR) is 102 cm³/mol. The van der Waals surface area contributed by atoms with Gasteiger partial charge in [-0.3, -0.25) is 15.1 Å². The molecule has 1 saturated heterocycles. The van der Waals surface area contributed by atoms with Gasteiger partial charge in [0.15, 0.2) is 0 Å². The second-order valence-electron chi connectivity index (χ2n) is 6.06. The Morgan fingerprint density at radius 1 is 0.964 bits per heavy atom. The molecule has 1 aliphatic rings. The van der Waals surface area contributed by atoms with Crippen LogP contribution in [0.3, 0.4) is 0 Å². The molecule has 0 N–H and O–H groups in total. The quantitative estimate of drug-likeness (QED) is 0.487. The average Bonchev–Trinajstić information content (AvgIpc) is 2.75. The first-order valence-electron chi connectivity index (χ1n) is 8.70. The predicted octanol–water partition coefficient (Wildman–Crippen LogP) is 2.29. The molecule has 1 fully saturated rings. The van der Waals surface area contributed by atoms with Crippen molar-refractivity contribution in [1.82, 2.24) is 19.9 Å². The smallest absolute Gasteiger partial charge is 0.373 e. The lowest BCUT2D eigenvalue weighted by molar-refractivity contribution is -0.385. The highest BCUT2D eigenvalue weighted by molar-refractivity contribution is 5.64. The number of nitro groups is 1. The van der Waals surface area contributed by atoms with Gasteiger partial charge in [0.1, 0.15) is 17.9 Å². The number of rotatable bonds is 5. The first kappa shape index (κ1) is 17.6. The zero-order valence-corrected chi connectivity index (χ0v) is 14.9. The molecule has 3 aromatic heterocycles. The fourth-order valence-electron chi connectivity index (χ4n) is 3.03. The van der Waals surface area contributed by atoms with Crippen molar-refractivity contribution in [3.05, 3.63) is 65.4 Å². The zero-order chi connectivity index (χ0) is 19.3. The van der Waals surface area contributed by atoms with Crippen LogP contribution in [0.4, 0.5) is 17.3 Å². The maximum atomic E-state index is 11.7. The summed E-state index contributed by atoms with van der Waals surface area (Å²) in [5.74, 6) is 1.41. The van der Waals surface area contributed by atoms with Crippen LogP contribution >= 0.6 is 0 Å². The zero-order valence-electron chi connectivity index (χ0n) is 14.9. The van der Waals surface area contributed by atoms with Crippen LogP contribution in [0.1, 0.15) is 0 Å². The lowest BCUT2D eigenvalue weighted by atomic mass is 10.3. The van der Waals surface area contributed by atoms with Crippen LogP contribution in [0.15, 0.2) is 55.2 Å². The lowest BCUT2D eigenvalue weighted by Gasteiger charge is -2.35. The van der Waals surface area contributed by atoms with Crippen LogP contribution in [0.5, 0.6) is 11.6 Å². The van der Waals surface area contributed by atoms with Gasteiger partial charge in [0.25, 0.3) is 0 Å². The molecule has 3 aromatic rings. The molecule has 28 heavy (non-hydrogen) atoms. The Hall–Kier alpha value is -3.82. The topological polar surface area (TPSA) is 110 Å². The molecule has 0 radical (unpaired) electrons. The van der Waals surface area contributed by atoms with E-state index in [1.807, 2.05) is 23.1 Å². The molecule has 0 saturated carbocycles. The minimum absolute atomic E-state index is 0.102. The molecule has 0 bridgehead atoms. The van der Waals surface area contributed by atoms with Gasteiger partial charge >= 0.3 is 11.6 Å². The van der Waals surface area contributed by atoms with Crippen LogP contribution in [0.25, 0.3) is 0 Å². The lowest BCUT2D eigenvalue weighted by Crippen LogP contribution is -2.47. The summed E-state index contributed by atoms with van der Waals surface area (Å²) < 4.78 is 5.59. The van der Waals surface area contributed by atoms with Gasteiger partial charge in [-0.15, -0.1) is 0 Å². The van der Waals surface area contributed by atoms with E-state index in [2.05, 4.69) is 24.8 Å². The maximum Gasteiger partial charge on any atom is 0.373 e. The second kappa shape index (κ2) is 7.82. The van der Waals surface area contributed by atoms with Crippen molar-refractivity contribution in [3.8, 4) is 11.6 Å². The van der Waals surface area contributed by atoms with Crippen molar-refractivity contribution in [2.45, 2.75) is 0 Å². The third-order valence-corrected chi connectivity index (χ3v) is 4.35. The average molecular weight is 379 g/mol. The molecule has 10 heteroatoms. The molecule has 0 spiro atoms. The third kappa shape index (κ3) is 3.65. The van der Waals surface area contributed by atoms with E-state index in [0.29, 0.717) is 31.9 Å². The van der Waals surface area contributed by atoms with Crippen LogP contribution in [0.2, 0.25) is 0 Å². The molecule has 10 nitrogen and oxygen atoms in total. The van der Waals surface area contributed by atoms with E-state index >= 15 is 0 Å². The van der Waals surface area contributed by atoms with E-state index in [1.165, 1.54) is 12.5 Å². The summed E-state index contributed by atoms with van der Waals surface area (Å²) in [6.07, 6.45) is 6.09. The van der Waals surface area contributed by atoms with Crippen molar-refractivity contribution in [2.24, 2.45) is 0 Å². The molecular weight excluding hydrogens is 362 g/mol. The van der Waals surface area contributed by atoms with E-state index in [9.17, 15) is 10.1 Å². The first-order chi connectivity index (χ1) is 13.7. The Labute approximate surface area is 160 Å². The summed E-state index contributed by atoms with van der Waals surface area (Å²) >= 11 is 0. The van der Waals surface area contributed by atoms with Crippen molar-refractivity contribution in [1.29, 1.82) is 0 Å². The number of hydrogen-bond acceptors (Lipinski definition) is 9. The number of nitrogens with zero attached hydrogens (tertiary/aromatic N) is 7. The fourth-order valence-corrected chi connectivity index (χ4v) is 3.03. The molecule has 4 heterocycles. The van der Waals surface area contributed by atoms with Crippen molar-refractivity contribution < 1.29 is 9.66 Å². The Bertz CT molecular complexity index is 948. The van der Waals surface area contributed by atoms with Crippen LogP contribution in [-0.2, 0) is 0 Å². The molecular formula is C18H17N7O3. The van der Waals surface area contributed by atoms with E-state index in [0.717, 1.165) is 5.82 Å². The Kier molecular flexibility index (Phi) is 4.91. The standard InChI is InChI=1S/C18H17N7O3/c26-25(27)16-17(21-13-22-18(16)28-14-4-3-6-19-12-14)24-10-8-23(9-11-24)15-5-1-2-7-20-15/h1-7,12-13H,8-11H2. The van der Waals surface area contributed by atoms with E-state index in [4.69, 9.17) is 4.74 Å². The number of pyridine rings is 2. The highest BCUT2D eigenvalue weighted by Gasteiger charge is 2.30.